The standard InChI is InChI=1S/C15H19F2NO4/c1-3-22-14(19)9-13(18-6-7-21-2)15(20)10-4-5-11(16)12(17)8-10/h4-5,8,13,18H,3,6-7,9H2,1-2H3. The van der Waals surface area contributed by atoms with Gasteiger partial charge in [-0.2, -0.15) is 0 Å². The summed E-state index contributed by atoms with van der Waals surface area (Å²) in [6.45, 7) is 2.52. The van der Waals surface area contributed by atoms with Gasteiger partial charge in [0, 0.05) is 19.2 Å². The number of carbonyl (C=O) groups is 2. The fourth-order valence-corrected chi connectivity index (χ4v) is 1.83. The van der Waals surface area contributed by atoms with Crippen LogP contribution in [0.3, 0.4) is 0 Å². The van der Waals surface area contributed by atoms with Gasteiger partial charge >= 0.3 is 5.97 Å². The van der Waals surface area contributed by atoms with E-state index in [0.29, 0.717) is 13.2 Å². The zero-order valence-corrected chi connectivity index (χ0v) is 12.5. The van der Waals surface area contributed by atoms with Crippen LogP contribution in [0.25, 0.3) is 0 Å². The monoisotopic (exact) mass is 315 g/mol. The molecule has 1 aromatic carbocycles. The van der Waals surface area contributed by atoms with Crippen molar-refractivity contribution >= 4 is 11.8 Å². The van der Waals surface area contributed by atoms with Crippen LogP contribution in [0.4, 0.5) is 8.78 Å². The van der Waals surface area contributed by atoms with Crippen molar-refractivity contribution < 1.29 is 27.8 Å². The van der Waals surface area contributed by atoms with Gasteiger partial charge in [0.25, 0.3) is 0 Å². The Hall–Kier alpha value is -1.86. The van der Waals surface area contributed by atoms with E-state index in [-0.39, 0.29) is 18.6 Å². The predicted molar refractivity (Wildman–Crippen MR) is 75.6 cm³/mol. The number of carbonyl (C=O) groups excluding carboxylic acids is 2. The maximum atomic E-state index is 13.2. The molecule has 7 heteroatoms. The molecule has 1 unspecified atom stereocenters. The maximum absolute atomic E-state index is 13.2. The van der Waals surface area contributed by atoms with Crippen LogP contribution in [-0.4, -0.2) is 44.7 Å². The Morgan fingerprint density at radius 2 is 2.00 bits per heavy atom. The molecule has 1 aromatic rings. The highest BCUT2D eigenvalue weighted by Gasteiger charge is 2.24. The number of ketones is 1. The number of ether oxygens (including phenoxy) is 2. The summed E-state index contributed by atoms with van der Waals surface area (Å²) in [6.07, 6.45) is -0.199. The molecule has 0 amide bonds. The Morgan fingerprint density at radius 3 is 2.59 bits per heavy atom. The molecule has 0 aliphatic heterocycles. The molecule has 5 nitrogen and oxygen atoms in total. The van der Waals surface area contributed by atoms with E-state index in [0.717, 1.165) is 12.1 Å². The molecule has 0 radical (unpaired) electrons. The van der Waals surface area contributed by atoms with E-state index in [1.54, 1.807) is 6.92 Å². The second kappa shape index (κ2) is 9.22. The Morgan fingerprint density at radius 1 is 1.27 bits per heavy atom. The van der Waals surface area contributed by atoms with Crippen LogP contribution >= 0.6 is 0 Å². The minimum atomic E-state index is -1.11. The molecular formula is C15H19F2NO4. The molecular weight excluding hydrogens is 296 g/mol. The fourth-order valence-electron chi connectivity index (χ4n) is 1.83. The quantitative estimate of drug-likeness (QED) is 0.427. The molecule has 1 N–H and O–H groups in total. The molecule has 0 aromatic heterocycles. The van der Waals surface area contributed by atoms with Crippen LogP contribution in [0.15, 0.2) is 18.2 Å². The number of esters is 1. The SMILES string of the molecule is CCOC(=O)CC(NCCOC)C(=O)c1ccc(F)c(F)c1. The van der Waals surface area contributed by atoms with Crippen LogP contribution in [0.1, 0.15) is 23.7 Å². The number of hydrogen-bond acceptors (Lipinski definition) is 5. The third kappa shape index (κ3) is 5.50. The molecule has 1 rings (SSSR count). The first kappa shape index (κ1) is 18.2. The molecule has 22 heavy (non-hydrogen) atoms. The van der Waals surface area contributed by atoms with Gasteiger partial charge in [0.2, 0.25) is 0 Å². The molecule has 0 fully saturated rings. The predicted octanol–water partition coefficient (Wildman–Crippen LogP) is 1.71. The molecule has 0 saturated heterocycles. The number of rotatable bonds is 9. The number of nitrogens with one attached hydrogen (secondary N) is 1. The summed E-state index contributed by atoms with van der Waals surface area (Å²) in [7, 11) is 1.50. The second-order valence-electron chi connectivity index (χ2n) is 4.50. The second-order valence-corrected chi connectivity index (χ2v) is 4.50. The minimum absolute atomic E-state index is 0.0156. The molecule has 0 aliphatic rings. The molecule has 0 heterocycles. The Balaban J connectivity index is 2.84. The normalized spacial score (nSPS) is 12.0. The highest BCUT2D eigenvalue weighted by molar-refractivity contribution is 6.01. The lowest BCUT2D eigenvalue weighted by atomic mass is 10.0. The van der Waals surface area contributed by atoms with Gasteiger partial charge in [-0.25, -0.2) is 8.78 Å². The summed E-state index contributed by atoms with van der Waals surface area (Å²) in [5, 5.41) is 2.85. The van der Waals surface area contributed by atoms with Gasteiger partial charge in [0.1, 0.15) is 0 Å². The van der Waals surface area contributed by atoms with Crippen molar-refractivity contribution in [2.45, 2.75) is 19.4 Å². The van der Waals surface area contributed by atoms with Crippen LogP contribution in [0.5, 0.6) is 0 Å². The van der Waals surface area contributed by atoms with E-state index in [2.05, 4.69) is 5.32 Å². The molecule has 122 valence electrons. The number of Topliss-reactive ketones (excluding diaryl/α,β-unsaturated/α-hetero) is 1. The Bertz CT molecular complexity index is 522. The number of halogens is 2. The molecule has 0 bridgehead atoms. The lowest BCUT2D eigenvalue weighted by Crippen LogP contribution is -2.40. The molecule has 0 spiro atoms. The Labute approximate surface area is 127 Å². The van der Waals surface area contributed by atoms with Gasteiger partial charge in [0.15, 0.2) is 17.4 Å². The zero-order chi connectivity index (χ0) is 16.5. The van der Waals surface area contributed by atoms with Gasteiger partial charge < -0.3 is 14.8 Å². The third-order valence-electron chi connectivity index (χ3n) is 2.89. The molecule has 0 saturated carbocycles. The Kier molecular flexibility index (Phi) is 7.62. The summed E-state index contributed by atoms with van der Waals surface area (Å²) in [5.74, 6) is -3.21. The first-order chi connectivity index (χ1) is 10.5. The minimum Gasteiger partial charge on any atom is -0.466 e. The maximum Gasteiger partial charge on any atom is 0.307 e. The van der Waals surface area contributed by atoms with Crippen molar-refractivity contribution in [3.63, 3.8) is 0 Å². The van der Waals surface area contributed by atoms with Crippen LogP contribution in [0.2, 0.25) is 0 Å². The summed E-state index contributed by atoms with van der Waals surface area (Å²) in [6, 6.07) is 1.98. The average Bonchev–Trinajstić information content (AvgIpc) is 2.49. The number of hydrogen-bond donors (Lipinski definition) is 1. The summed E-state index contributed by atoms with van der Waals surface area (Å²) >= 11 is 0. The lowest BCUT2D eigenvalue weighted by Gasteiger charge is -2.17. The largest absolute Gasteiger partial charge is 0.466 e. The highest BCUT2D eigenvalue weighted by atomic mass is 19.2. The number of methoxy groups -OCH3 is 1. The lowest BCUT2D eigenvalue weighted by molar-refractivity contribution is -0.143. The molecule has 1 atom stereocenters. The first-order valence-corrected chi connectivity index (χ1v) is 6.86. The van der Waals surface area contributed by atoms with E-state index in [9.17, 15) is 18.4 Å². The van der Waals surface area contributed by atoms with Crippen molar-refractivity contribution in [3.05, 3.63) is 35.4 Å². The van der Waals surface area contributed by atoms with Gasteiger partial charge in [-0.1, -0.05) is 0 Å². The van der Waals surface area contributed by atoms with Crippen molar-refractivity contribution in [1.82, 2.24) is 5.32 Å². The zero-order valence-electron chi connectivity index (χ0n) is 12.5. The summed E-state index contributed by atoms with van der Waals surface area (Å²) in [4.78, 5) is 23.9. The first-order valence-electron chi connectivity index (χ1n) is 6.86. The van der Waals surface area contributed by atoms with E-state index in [4.69, 9.17) is 9.47 Å². The molecule has 0 aliphatic carbocycles. The van der Waals surface area contributed by atoms with Crippen molar-refractivity contribution in [2.75, 3.05) is 26.9 Å². The summed E-state index contributed by atoms with van der Waals surface area (Å²) in [5.41, 5.74) is -0.0156. The van der Waals surface area contributed by atoms with Crippen LogP contribution < -0.4 is 5.32 Å². The van der Waals surface area contributed by atoms with Crippen molar-refractivity contribution in [3.8, 4) is 0 Å². The third-order valence-corrected chi connectivity index (χ3v) is 2.89. The van der Waals surface area contributed by atoms with E-state index in [1.807, 2.05) is 0 Å². The van der Waals surface area contributed by atoms with Crippen LogP contribution in [0, 0.1) is 11.6 Å². The van der Waals surface area contributed by atoms with Crippen LogP contribution in [-0.2, 0) is 14.3 Å². The van der Waals surface area contributed by atoms with Crippen molar-refractivity contribution in [1.29, 1.82) is 0 Å². The average molecular weight is 315 g/mol. The topological polar surface area (TPSA) is 64.6 Å². The van der Waals surface area contributed by atoms with E-state index < -0.39 is 29.4 Å². The smallest absolute Gasteiger partial charge is 0.307 e. The van der Waals surface area contributed by atoms with E-state index in [1.165, 1.54) is 13.2 Å². The summed E-state index contributed by atoms with van der Waals surface area (Å²) < 4.78 is 35.8. The van der Waals surface area contributed by atoms with Gasteiger partial charge in [-0.05, 0) is 25.1 Å². The van der Waals surface area contributed by atoms with Gasteiger partial charge in [-0.3, -0.25) is 9.59 Å². The van der Waals surface area contributed by atoms with Crippen molar-refractivity contribution in [2.24, 2.45) is 0 Å². The fraction of sp³-hybridized carbons (Fsp3) is 0.467. The van der Waals surface area contributed by atoms with Gasteiger partial charge in [-0.15, -0.1) is 0 Å². The van der Waals surface area contributed by atoms with Gasteiger partial charge in [0.05, 0.1) is 25.7 Å². The number of benzene rings is 1. The van der Waals surface area contributed by atoms with E-state index >= 15 is 0 Å². The highest BCUT2D eigenvalue weighted by Crippen LogP contribution is 2.12.